The van der Waals surface area contributed by atoms with E-state index in [1.54, 1.807) is 23.1 Å². The van der Waals surface area contributed by atoms with Gasteiger partial charge in [0.2, 0.25) is 0 Å². The van der Waals surface area contributed by atoms with Gasteiger partial charge in [0, 0.05) is 12.4 Å². The summed E-state index contributed by atoms with van der Waals surface area (Å²) in [5, 5.41) is 14.8. The number of aliphatic hydroxyl groups excluding tert-OH is 1. The maximum atomic E-state index is 10.5. The third kappa shape index (κ3) is 2.33. The van der Waals surface area contributed by atoms with Crippen LogP contribution in [0.5, 0.6) is 0 Å². The van der Waals surface area contributed by atoms with Crippen molar-refractivity contribution in [2.75, 3.05) is 0 Å². The van der Waals surface area contributed by atoms with Gasteiger partial charge in [0.25, 0.3) is 0 Å². The Kier molecular flexibility index (Phi) is 3.31. The number of nitrogens with zero attached hydrogens (tertiary/aromatic N) is 3. The van der Waals surface area contributed by atoms with E-state index in [1.807, 2.05) is 49.4 Å². The van der Waals surface area contributed by atoms with E-state index in [2.05, 4.69) is 10.1 Å². The fourth-order valence-electron chi connectivity index (χ4n) is 2.10. The van der Waals surface area contributed by atoms with Gasteiger partial charge in [-0.05, 0) is 36.8 Å². The van der Waals surface area contributed by atoms with Crippen LogP contribution < -0.4 is 0 Å². The number of pyridine rings is 1. The second-order valence-electron chi connectivity index (χ2n) is 4.67. The van der Waals surface area contributed by atoms with Gasteiger partial charge < -0.3 is 5.11 Å². The number of aryl methyl sites for hydroxylation is 1. The van der Waals surface area contributed by atoms with Gasteiger partial charge in [0.1, 0.15) is 6.10 Å². The van der Waals surface area contributed by atoms with Crippen LogP contribution >= 0.6 is 0 Å². The Morgan fingerprint density at radius 3 is 2.55 bits per heavy atom. The van der Waals surface area contributed by atoms with Crippen LogP contribution in [-0.4, -0.2) is 19.9 Å². The Hall–Kier alpha value is -2.46. The zero-order chi connectivity index (χ0) is 13.9. The van der Waals surface area contributed by atoms with Crippen LogP contribution in [-0.2, 0) is 0 Å². The summed E-state index contributed by atoms with van der Waals surface area (Å²) >= 11 is 0. The average Bonchev–Trinajstić information content (AvgIpc) is 2.97. The Morgan fingerprint density at radius 1 is 1.05 bits per heavy atom. The average molecular weight is 265 g/mol. The first-order chi connectivity index (χ1) is 9.75. The molecular formula is C16H15N3O. The van der Waals surface area contributed by atoms with Gasteiger partial charge in [-0.15, -0.1) is 0 Å². The monoisotopic (exact) mass is 265 g/mol. The summed E-state index contributed by atoms with van der Waals surface area (Å²) in [5.41, 5.74) is 3.30. The smallest absolute Gasteiger partial charge is 0.138 e. The standard InChI is InChI=1S/C16H15N3O/c1-12-7-8-14(17-11-12)16(20)15-9-10-18-19(15)13-5-3-2-4-6-13/h2-11,16,20H,1H3. The quantitative estimate of drug-likeness (QED) is 0.792. The normalized spacial score (nSPS) is 12.3. The molecule has 1 unspecified atom stereocenters. The van der Waals surface area contributed by atoms with Gasteiger partial charge in [0.05, 0.1) is 17.1 Å². The fraction of sp³-hybridized carbons (Fsp3) is 0.125. The van der Waals surface area contributed by atoms with Crippen LogP contribution in [0.3, 0.4) is 0 Å². The molecule has 0 aliphatic heterocycles. The predicted molar refractivity (Wildman–Crippen MR) is 76.6 cm³/mol. The van der Waals surface area contributed by atoms with Gasteiger partial charge in [-0.2, -0.15) is 5.10 Å². The maximum Gasteiger partial charge on any atom is 0.138 e. The van der Waals surface area contributed by atoms with Crippen LogP contribution in [0.2, 0.25) is 0 Å². The van der Waals surface area contributed by atoms with Gasteiger partial charge in [-0.1, -0.05) is 24.3 Å². The molecule has 20 heavy (non-hydrogen) atoms. The zero-order valence-electron chi connectivity index (χ0n) is 11.1. The summed E-state index contributed by atoms with van der Waals surface area (Å²) in [4.78, 5) is 4.28. The highest BCUT2D eigenvalue weighted by Gasteiger charge is 2.17. The number of para-hydroxylation sites is 1. The molecule has 2 aromatic heterocycles. The van der Waals surface area contributed by atoms with E-state index in [4.69, 9.17) is 0 Å². The first kappa shape index (κ1) is 12.6. The summed E-state index contributed by atoms with van der Waals surface area (Å²) in [6.45, 7) is 1.97. The SMILES string of the molecule is Cc1ccc(C(O)c2ccnn2-c2ccccc2)nc1. The second-order valence-corrected chi connectivity index (χ2v) is 4.67. The molecule has 0 amide bonds. The molecule has 0 saturated carbocycles. The van der Waals surface area contributed by atoms with Crippen molar-refractivity contribution in [3.63, 3.8) is 0 Å². The number of aliphatic hydroxyl groups is 1. The molecule has 3 aromatic rings. The molecule has 0 radical (unpaired) electrons. The number of rotatable bonds is 3. The van der Waals surface area contributed by atoms with Crippen molar-refractivity contribution in [3.05, 3.63) is 77.9 Å². The van der Waals surface area contributed by atoms with Crippen molar-refractivity contribution in [2.45, 2.75) is 13.0 Å². The van der Waals surface area contributed by atoms with Gasteiger partial charge in [-0.25, -0.2) is 4.68 Å². The molecule has 4 nitrogen and oxygen atoms in total. The number of hydrogen-bond acceptors (Lipinski definition) is 3. The van der Waals surface area contributed by atoms with Crippen LogP contribution in [0.4, 0.5) is 0 Å². The van der Waals surface area contributed by atoms with Crippen LogP contribution in [0.25, 0.3) is 5.69 Å². The van der Waals surface area contributed by atoms with Crippen molar-refractivity contribution in [2.24, 2.45) is 0 Å². The lowest BCUT2D eigenvalue weighted by Gasteiger charge is -2.13. The molecule has 0 aliphatic rings. The molecule has 1 N–H and O–H groups in total. The highest BCUT2D eigenvalue weighted by molar-refractivity contribution is 5.34. The summed E-state index contributed by atoms with van der Waals surface area (Å²) in [7, 11) is 0. The zero-order valence-corrected chi connectivity index (χ0v) is 11.1. The van der Waals surface area contributed by atoms with E-state index in [1.165, 1.54) is 0 Å². The van der Waals surface area contributed by atoms with Crippen molar-refractivity contribution in [1.82, 2.24) is 14.8 Å². The van der Waals surface area contributed by atoms with E-state index in [0.717, 1.165) is 11.3 Å². The van der Waals surface area contributed by atoms with E-state index in [0.29, 0.717) is 11.4 Å². The number of aromatic nitrogens is 3. The van der Waals surface area contributed by atoms with Crippen molar-refractivity contribution < 1.29 is 5.11 Å². The minimum atomic E-state index is -0.793. The third-order valence-electron chi connectivity index (χ3n) is 3.17. The largest absolute Gasteiger partial charge is 0.380 e. The predicted octanol–water partition coefficient (Wildman–Crippen LogP) is 2.66. The highest BCUT2D eigenvalue weighted by Crippen LogP contribution is 2.22. The van der Waals surface area contributed by atoms with Gasteiger partial charge in [-0.3, -0.25) is 4.98 Å². The first-order valence-electron chi connectivity index (χ1n) is 6.45. The Labute approximate surface area is 117 Å². The minimum absolute atomic E-state index is 0.619. The van der Waals surface area contributed by atoms with Crippen molar-refractivity contribution in [1.29, 1.82) is 0 Å². The van der Waals surface area contributed by atoms with Gasteiger partial charge in [0.15, 0.2) is 0 Å². The lowest BCUT2D eigenvalue weighted by atomic mass is 10.1. The summed E-state index contributed by atoms with van der Waals surface area (Å²) in [6, 6.07) is 15.3. The van der Waals surface area contributed by atoms with Crippen LogP contribution in [0.15, 0.2) is 60.9 Å². The third-order valence-corrected chi connectivity index (χ3v) is 3.17. The molecule has 100 valence electrons. The molecule has 0 bridgehead atoms. The molecule has 4 heteroatoms. The lowest BCUT2D eigenvalue weighted by Crippen LogP contribution is -2.09. The summed E-state index contributed by atoms with van der Waals surface area (Å²) in [6.07, 6.45) is 2.64. The summed E-state index contributed by atoms with van der Waals surface area (Å²) < 4.78 is 1.73. The van der Waals surface area contributed by atoms with E-state index in [9.17, 15) is 5.11 Å². The maximum absolute atomic E-state index is 10.5. The first-order valence-corrected chi connectivity index (χ1v) is 6.45. The van der Waals surface area contributed by atoms with Crippen molar-refractivity contribution in [3.8, 4) is 5.69 Å². The Balaban J connectivity index is 1.99. The van der Waals surface area contributed by atoms with Gasteiger partial charge >= 0.3 is 0 Å². The number of benzene rings is 1. The molecule has 1 aromatic carbocycles. The van der Waals surface area contributed by atoms with E-state index in [-0.39, 0.29) is 0 Å². The van der Waals surface area contributed by atoms with Crippen LogP contribution in [0.1, 0.15) is 23.1 Å². The Morgan fingerprint density at radius 2 is 1.85 bits per heavy atom. The minimum Gasteiger partial charge on any atom is -0.380 e. The molecule has 3 rings (SSSR count). The molecule has 0 aliphatic carbocycles. The molecule has 0 fully saturated rings. The number of hydrogen-bond donors (Lipinski definition) is 1. The topological polar surface area (TPSA) is 50.9 Å². The lowest BCUT2D eigenvalue weighted by molar-refractivity contribution is 0.207. The molecule has 1 atom stereocenters. The summed E-state index contributed by atoms with van der Waals surface area (Å²) in [5.74, 6) is 0. The van der Waals surface area contributed by atoms with E-state index < -0.39 is 6.10 Å². The molecular weight excluding hydrogens is 250 g/mol. The fourth-order valence-corrected chi connectivity index (χ4v) is 2.10. The molecule has 0 saturated heterocycles. The molecule has 0 spiro atoms. The van der Waals surface area contributed by atoms with Crippen molar-refractivity contribution >= 4 is 0 Å². The van der Waals surface area contributed by atoms with Crippen LogP contribution in [0, 0.1) is 6.92 Å². The van der Waals surface area contributed by atoms with E-state index >= 15 is 0 Å². The Bertz CT molecular complexity index is 689. The highest BCUT2D eigenvalue weighted by atomic mass is 16.3. The molecule has 2 heterocycles. The second kappa shape index (κ2) is 5.27.